The van der Waals surface area contributed by atoms with Crippen LogP contribution in [0, 0.1) is 17.6 Å². The van der Waals surface area contributed by atoms with E-state index in [1.807, 2.05) is 0 Å². The van der Waals surface area contributed by atoms with Crippen molar-refractivity contribution >= 4 is 11.8 Å². The molecule has 0 spiro atoms. The average Bonchev–Trinajstić information content (AvgIpc) is 3.36. The lowest BCUT2D eigenvalue weighted by atomic mass is 9.96. The topological polar surface area (TPSA) is 69.9 Å². The van der Waals surface area contributed by atoms with Gasteiger partial charge in [0, 0.05) is 39.3 Å². The van der Waals surface area contributed by atoms with E-state index in [9.17, 15) is 18.4 Å². The quantitative estimate of drug-likeness (QED) is 0.656. The third kappa shape index (κ3) is 6.05. The number of hydrogen-bond donors (Lipinski definition) is 1. The Balaban J connectivity index is 1.37. The Morgan fingerprint density at radius 3 is 1.91 bits per heavy atom. The third-order valence-electron chi connectivity index (χ3n) is 7.29. The number of carbonyl (C=O) groups is 2. The van der Waals surface area contributed by atoms with Crippen molar-refractivity contribution in [2.24, 2.45) is 11.7 Å². The molecule has 2 fully saturated rings. The van der Waals surface area contributed by atoms with Gasteiger partial charge in [0.1, 0.15) is 11.6 Å². The fraction of sp³-hybridized carbons (Fsp3) is 0.481. The number of likely N-dealkylation sites (tertiary alicyclic amines) is 1. The maximum absolute atomic E-state index is 13.5. The highest BCUT2D eigenvalue weighted by Crippen LogP contribution is 2.30. The van der Waals surface area contributed by atoms with Gasteiger partial charge in [0.15, 0.2) is 0 Å². The fourth-order valence-corrected chi connectivity index (χ4v) is 5.14. The zero-order valence-corrected chi connectivity index (χ0v) is 20.2. The molecule has 2 heterocycles. The van der Waals surface area contributed by atoms with Crippen LogP contribution in [0.5, 0.6) is 0 Å². The first-order valence-corrected chi connectivity index (χ1v) is 12.4. The average molecular weight is 485 g/mol. The van der Waals surface area contributed by atoms with Crippen LogP contribution >= 0.6 is 0 Å². The number of benzene rings is 2. The first-order valence-electron chi connectivity index (χ1n) is 12.4. The monoisotopic (exact) mass is 484 g/mol. The summed E-state index contributed by atoms with van der Waals surface area (Å²) in [4.78, 5) is 31.4. The lowest BCUT2D eigenvalue weighted by molar-refractivity contribution is -0.139. The van der Waals surface area contributed by atoms with Crippen LogP contribution in [0.2, 0.25) is 0 Å². The van der Waals surface area contributed by atoms with Crippen molar-refractivity contribution in [1.82, 2.24) is 14.7 Å². The molecule has 4 rings (SSSR count). The lowest BCUT2D eigenvalue weighted by Gasteiger charge is -2.40. The number of rotatable bonds is 7. The van der Waals surface area contributed by atoms with E-state index in [4.69, 9.17) is 5.73 Å². The Morgan fingerprint density at radius 1 is 0.886 bits per heavy atom. The van der Waals surface area contributed by atoms with Crippen molar-refractivity contribution in [2.45, 2.75) is 38.3 Å². The lowest BCUT2D eigenvalue weighted by Crippen LogP contribution is -2.52. The minimum atomic E-state index is -0.817. The number of hydrogen-bond acceptors (Lipinski definition) is 4. The van der Waals surface area contributed by atoms with Gasteiger partial charge in [0.2, 0.25) is 11.8 Å². The summed E-state index contributed by atoms with van der Waals surface area (Å²) in [6.45, 7) is 5.76. The van der Waals surface area contributed by atoms with E-state index < -0.39 is 6.04 Å². The van der Waals surface area contributed by atoms with E-state index in [0.29, 0.717) is 38.6 Å². The van der Waals surface area contributed by atoms with Crippen LogP contribution in [0.25, 0.3) is 0 Å². The minimum absolute atomic E-state index is 0.00543. The highest BCUT2D eigenvalue weighted by Gasteiger charge is 2.32. The van der Waals surface area contributed by atoms with Crippen molar-refractivity contribution in [3.63, 3.8) is 0 Å². The van der Waals surface area contributed by atoms with Crippen LogP contribution in [-0.2, 0) is 9.59 Å². The summed E-state index contributed by atoms with van der Waals surface area (Å²) >= 11 is 0. The number of carbonyl (C=O) groups excluding carboxylic acids is 2. The molecule has 2 N–H and O–H groups in total. The molecule has 35 heavy (non-hydrogen) atoms. The van der Waals surface area contributed by atoms with Crippen LogP contribution < -0.4 is 5.73 Å². The summed E-state index contributed by atoms with van der Waals surface area (Å²) < 4.78 is 27.1. The predicted molar refractivity (Wildman–Crippen MR) is 130 cm³/mol. The molecular weight excluding hydrogens is 450 g/mol. The molecule has 0 saturated carbocycles. The molecule has 0 aromatic heterocycles. The van der Waals surface area contributed by atoms with Crippen LogP contribution in [0.4, 0.5) is 8.78 Å². The van der Waals surface area contributed by atoms with Gasteiger partial charge in [-0.1, -0.05) is 37.6 Å². The molecule has 2 aliphatic heterocycles. The first-order chi connectivity index (χ1) is 16.9. The normalized spacial score (nSPS) is 19.9. The maximum Gasteiger partial charge on any atom is 0.240 e. The van der Waals surface area contributed by atoms with E-state index in [-0.39, 0.29) is 35.9 Å². The summed E-state index contributed by atoms with van der Waals surface area (Å²) in [5, 5.41) is 0. The number of amides is 2. The predicted octanol–water partition coefficient (Wildman–Crippen LogP) is 3.17. The summed E-state index contributed by atoms with van der Waals surface area (Å²) in [6.07, 6.45) is 2.04. The van der Waals surface area contributed by atoms with Gasteiger partial charge in [-0.2, -0.15) is 0 Å². The molecule has 2 amide bonds. The van der Waals surface area contributed by atoms with E-state index in [0.717, 1.165) is 30.5 Å². The number of nitrogens with zero attached hydrogens (tertiary/aromatic N) is 3. The van der Waals surface area contributed by atoms with Gasteiger partial charge in [-0.3, -0.25) is 14.5 Å². The summed E-state index contributed by atoms with van der Waals surface area (Å²) in [5.74, 6) is -0.360. The van der Waals surface area contributed by atoms with Crippen molar-refractivity contribution in [2.75, 3.05) is 39.3 Å². The zero-order valence-electron chi connectivity index (χ0n) is 20.2. The molecule has 1 unspecified atom stereocenters. The molecule has 2 aromatic carbocycles. The van der Waals surface area contributed by atoms with Gasteiger partial charge >= 0.3 is 0 Å². The Bertz CT molecular complexity index is 961. The van der Waals surface area contributed by atoms with Crippen LogP contribution in [-0.4, -0.2) is 71.8 Å². The molecule has 0 bridgehead atoms. The second-order valence-corrected chi connectivity index (χ2v) is 9.58. The van der Waals surface area contributed by atoms with Crippen LogP contribution in [0.15, 0.2) is 48.5 Å². The van der Waals surface area contributed by atoms with Gasteiger partial charge in [-0.15, -0.1) is 0 Å². The minimum Gasteiger partial charge on any atom is -0.341 e. The van der Waals surface area contributed by atoms with Crippen LogP contribution in [0.1, 0.15) is 43.4 Å². The fourth-order valence-electron chi connectivity index (χ4n) is 5.14. The molecule has 0 aliphatic carbocycles. The SMILES string of the molecule is CCC1CCN(C(=O)[C@@H](N)CC(=O)N2CCN(C(c3ccc(F)cc3)c3ccc(F)cc3)CC2)C1. The highest BCUT2D eigenvalue weighted by molar-refractivity contribution is 5.88. The van der Waals surface area contributed by atoms with E-state index >= 15 is 0 Å². The number of nitrogens with two attached hydrogens (primary N) is 1. The van der Waals surface area contributed by atoms with Crippen molar-refractivity contribution in [1.29, 1.82) is 0 Å². The zero-order chi connectivity index (χ0) is 24.9. The highest BCUT2D eigenvalue weighted by atomic mass is 19.1. The number of halogens is 2. The molecule has 2 aromatic rings. The van der Waals surface area contributed by atoms with Crippen molar-refractivity contribution in [3.8, 4) is 0 Å². The molecule has 2 atom stereocenters. The largest absolute Gasteiger partial charge is 0.341 e. The third-order valence-corrected chi connectivity index (χ3v) is 7.29. The van der Waals surface area contributed by atoms with E-state index in [1.165, 1.54) is 24.3 Å². The Hall–Kier alpha value is -2.84. The Labute approximate surface area is 205 Å². The summed E-state index contributed by atoms with van der Waals surface area (Å²) in [5.41, 5.74) is 7.94. The van der Waals surface area contributed by atoms with Gasteiger partial charge in [0.05, 0.1) is 18.5 Å². The first kappa shape index (κ1) is 25.3. The van der Waals surface area contributed by atoms with Gasteiger partial charge in [0.25, 0.3) is 0 Å². The molecule has 0 radical (unpaired) electrons. The second-order valence-electron chi connectivity index (χ2n) is 9.58. The molecular formula is C27H34F2N4O2. The smallest absolute Gasteiger partial charge is 0.240 e. The van der Waals surface area contributed by atoms with Gasteiger partial charge in [-0.25, -0.2) is 8.78 Å². The van der Waals surface area contributed by atoms with Gasteiger partial charge in [-0.05, 0) is 47.7 Å². The van der Waals surface area contributed by atoms with Crippen molar-refractivity contribution in [3.05, 3.63) is 71.3 Å². The summed E-state index contributed by atoms with van der Waals surface area (Å²) in [6, 6.07) is 11.7. The van der Waals surface area contributed by atoms with Crippen molar-refractivity contribution < 1.29 is 18.4 Å². The standard InChI is InChI=1S/C27H34F2N4O2/c1-2-19-11-12-33(18-19)27(35)24(30)17-25(34)31-13-15-32(16-14-31)26(20-3-7-22(28)8-4-20)21-5-9-23(29)10-6-21/h3-10,19,24,26H,2,11-18,30H2,1H3/t19?,24-/m0/s1. The molecule has 8 heteroatoms. The molecule has 6 nitrogen and oxygen atoms in total. The van der Waals surface area contributed by atoms with Gasteiger partial charge < -0.3 is 15.5 Å². The molecule has 2 saturated heterocycles. The maximum atomic E-state index is 13.5. The molecule has 188 valence electrons. The number of piperazine rings is 1. The Morgan fingerprint density at radius 2 is 1.43 bits per heavy atom. The molecule has 2 aliphatic rings. The summed E-state index contributed by atoms with van der Waals surface area (Å²) in [7, 11) is 0. The second kappa shape index (κ2) is 11.3. The Kier molecular flexibility index (Phi) is 8.13. The van der Waals surface area contributed by atoms with E-state index in [2.05, 4.69) is 11.8 Å². The van der Waals surface area contributed by atoms with E-state index in [1.54, 1.807) is 34.1 Å². The van der Waals surface area contributed by atoms with Crippen LogP contribution in [0.3, 0.4) is 0 Å².